The number of carbonyl (C=O) groups excluding carboxylic acids is 2. The smallest absolute Gasteiger partial charge is 0.333 e. The van der Waals surface area contributed by atoms with Crippen LogP contribution in [0, 0.1) is 0 Å². The SMILES string of the molecule is C=C(C)C(=O)OCCC[SiH](Cc1ccccc1)OC.C=C(C)C(=O)OCCC[Si](C)(C)OCC. The van der Waals surface area contributed by atoms with E-state index < -0.39 is 17.4 Å². The van der Waals surface area contributed by atoms with Gasteiger partial charge in [-0.1, -0.05) is 43.5 Å². The van der Waals surface area contributed by atoms with Gasteiger partial charge in [-0.3, -0.25) is 0 Å². The van der Waals surface area contributed by atoms with Gasteiger partial charge in [0.1, 0.15) is 0 Å². The fraction of sp³-hybridized carbons (Fsp3) is 0.538. The van der Waals surface area contributed by atoms with Gasteiger partial charge in [-0.05, 0) is 70.4 Å². The number of ether oxygens (including phenoxy) is 2. The minimum absolute atomic E-state index is 0.300. The van der Waals surface area contributed by atoms with Gasteiger partial charge in [-0.15, -0.1) is 0 Å². The average molecular weight is 509 g/mol. The third-order valence-electron chi connectivity index (χ3n) is 4.93. The summed E-state index contributed by atoms with van der Waals surface area (Å²) in [5.74, 6) is -0.607. The van der Waals surface area contributed by atoms with Crippen molar-refractivity contribution in [2.75, 3.05) is 26.9 Å². The van der Waals surface area contributed by atoms with Gasteiger partial charge in [0, 0.05) is 24.9 Å². The molecule has 1 unspecified atom stereocenters. The molecule has 0 saturated carbocycles. The molecule has 0 aliphatic carbocycles. The lowest BCUT2D eigenvalue weighted by molar-refractivity contribution is -0.139. The first-order chi connectivity index (χ1) is 16.0. The Morgan fingerprint density at radius 2 is 1.47 bits per heavy atom. The maximum atomic E-state index is 11.2. The molecule has 192 valence electrons. The second-order valence-corrected chi connectivity index (χ2v) is 15.8. The van der Waals surface area contributed by atoms with Crippen molar-refractivity contribution >= 4 is 29.3 Å². The van der Waals surface area contributed by atoms with Gasteiger partial charge in [0.2, 0.25) is 0 Å². The van der Waals surface area contributed by atoms with Crippen molar-refractivity contribution in [3.8, 4) is 0 Å². The van der Waals surface area contributed by atoms with Crippen molar-refractivity contribution in [3.05, 3.63) is 60.2 Å². The Balaban J connectivity index is 0.000000661. The Labute approximate surface area is 209 Å². The summed E-state index contributed by atoms with van der Waals surface area (Å²) in [7, 11) is -0.980. The standard InChI is InChI=1S/C15H22O3Si.C11H22O3Si/c1-13(2)15(16)18-10-7-11-19(17-3)12-14-8-5-4-6-9-14;1-6-14-15(4,5)9-7-8-13-11(12)10(2)3/h4-6,8-9,19H,1,7,10-12H2,2-3H3;2,6-9H2,1,3-5H3. The van der Waals surface area contributed by atoms with Gasteiger partial charge in [-0.2, -0.15) is 0 Å². The van der Waals surface area contributed by atoms with E-state index in [0.717, 1.165) is 37.6 Å². The molecule has 0 fully saturated rings. The van der Waals surface area contributed by atoms with Crippen LogP contribution < -0.4 is 0 Å². The molecule has 0 amide bonds. The van der Waals surface area contributed by atoms with E-state index in [1.165, 1.54) is 5.56 Å². The molecular weight excluding hydrogens is 464 g/mol. The second-order valence-electron chi connectivity index (χ2n) is 8.82. The molecule has 0 aliphatic rings. The van der Waals surface area contributed by atoms with Gasteiger partial charge in [-0.25, -0.2) is 9.59 Å². The Kier molecular flexibility index (Phi) is 17.3. The number of benzene rings is 1. The molecule has 0 aromatic heterocycles. The van der Waals surface area contributed by atoms with Crippen molar-refractivity contribution < 1.29 is 27.9 Å². The van der Waals surface area contributed by atoms with E-state index in [1.807, 2.05) is 25.1 Å². The Hall–Kier alpha value is -2.01. The lowest BCUT2D eigenvalue weighted by atomic mass is 10.2. The maximum Gasteiger partial charge on any atom is 0.333 e. The number of carbonyl (C=O) groups is 2. The predicted octanol–water partition coefficient (Wildman–Crippen LogP) is 5.39. The fourth-order valence-corrected chi connectivity index (χ4v) is 6.98. The largest absolute Gasteiger partial charge is 0.462 e. The van der Waals surface area contributed by atoms with Crippen molar-refractivity contribution in [2.24, 2.45) is 0 Å². The molecule has 0 aliphatic heterocycles. The van der Waals surface area contributed by atoms with Gasteiger partial charge in [0.25, 0.3) is 0 Å². The minimum atomic E-state index is -1.52. The number of hydrogen-bond donors (Lipinski definition) is 0. The highest BCUT2D eigenvalue weighted by molar-refractivity contribution is 6.71. The highest BCUT2D eigenvalue weighted by atomic mass is 28.4. The van der Waals surface area contributed by atoms with Gasteiger partial charge in [0.05, 0.1) is 13.2 Å². The topological polar surface area (TPSA) is 71.1 Å². The number of rotatable bonds is 15. The van der Waals surface area contributed by atoms with E-state index in [2.05, 4.69) is 38.4 Å². The highest BCUT2D eigenvalue weighted by Crippen LogP contribution is 2.13. The van der Waals surface area contributed by atoms with Crippen molar-refractivity contribution in [1.29, 1.82) is 0 Å². The predicted molar refractivity (Wildman–Crippen MR) is 144 cm³/mol. The quantitative estimate of drug-likeness (QED) is 0.137. The lowest BCUT2D eigenvalue weighted by Crippen LogP contribution is -2.30. The Morgan fingerprint density at radius 1 is 0.941 bits per heavy atom. The molecule has 8 heteroatoms. The average Bonchev–Trinajstić information content (AvgIpc) is 2.79. The minimum Gasteiger partial charge on any atom is -0.462 e. The van der Waals surface area contributed by atoms with Crippen LogP contribution in [0.15, 0.2) is 54.6 Å². The van der Waals surface area contributed by atoms with Crippen molar-refractivity contribution in [2.45, 2.75) is 64.8 Å². The first kappa shape index (κ1) is 32.0. The van der Waals surface area contributed by atoms with Crippen LogP contribution >= 0.6 is 0 Å². The fourth-order valence-electron chi connectivity index (χ4n) is 3.03. The van der Waals surface area contributed by atoms with Crippen LogP contribution in [0.5, 0.6) is 0 Å². The third-order valence-corrected chi connectivity index (χ3v) is 10.2. The molecule has 0 heterocycles. The van der Waals surface area contributed by atoms with Crippen molar-refractivity contribution in [1.82, 2.24) is 0 Å². The van der Waals surface area contributed by atoms with Crippen LogP contribution in [-0.4, -0.2) is 56.2 Å². The van der Waals surface area contributed by atoms with E-state index in [0.29, 0.717) is 24.4 Å². The molecule has 0 saturated heterocycles. The van der Waals surface area contributed by atoms with Crippen LogP contribution in [0.4, 0.5) is 0 Å². The van der Waals surface area contributed by atoms with Crippen LogP contribution in [0.1, 0.15) is 39.2 Å². The summed E-state index contributed by atoms with van der Waals surface area (Å²) in [6.07, 6.45) is 1.73. The summed E-state index contributed by atoms with van der Waals surface area (Å²) in [6.45, 7) is 18.4. The Bertz CT molecular complexity index is 749. The first-order valence-electron chi connectivity index (χ1n) is 11.9. The first-order valence-corrected chi connectivity index (χ1v) is 17.1. The van der Waals surface area contributed by atoms with Crippen LogP contribution in [0.3, 0.4) is 0 Å². The molecular formula is C26H44O6Si2. The third kappa shape index (κ3) is 16.6. The normalized spacial score (nSPS) is 11.6. The number of hydrogen-bond acceptors (Lipinski definition) is 6. The molecule has 34 heavy (non-hydrogen) atoms. The zero-order chi connectivity index (χ0) is 26.0. The highest BCUT2D eigenvalue weighted by Gasteiger charge is 2.21. The van der Waals surface area contributed by atoms with E-state index in [9.17, 15) is 9.59 Å². The molecule has 0 bridgehead atoms. The summed E-state index contributed by atoms with van der Waals surface area (Å²) >= 11 is 0. The maximum absolute atomic E-state index is 11.2. The van der Waals surface area contributed by atoms with Crippen LogP contribution in [0.2, 0.25) is 25.2 Å². The number of esters is 2. The van der Waals surface area contributed by atoms with Crippen LogP contribution in [-0.2, 0) is 34.0 Å². The van der Waals surface area contributed by atoms with Gasteiger partial charge < -0.3 is 18.3 Å². The zero-order valence-corrected chi connectivity index (χ0v) is 24.1. The van der Waals surface area contributed by atoms with Crippen LogP contribution in [0.25, 0.3) is 0 Å². The summed E-state index contributed by atoms with van der Waals surface area (Å²) in [6, 6.07) is 13.4. The summed E-state index contributed by atoms with van der Waals surface area (Å²) in [5, 5.41) is 0. The van der Waals surface area contributed by atoms with E-state index in [1.54, 1.807) is 21.0 Å². The zero-order valence-electron chi connectivity index (χ0n) is 22.0. The summed E-state index contributed by atoms with van der Waals surface area (Å²) < 4.78 is 21.3. The molecule has 0 N–H and O–H groups in total. The molecule has 1 aromatic carbocycles. The van der Waals surface area contributed by atoms with E-state index in [4.69, 9.17) is 18.3 Å². The molecule has 1 aromatic rings. The van der Waals surface area contributed by atoms with Gasteiger partial charge in [0.15, 0.2) is 17.4 Å². The van der Waals surface area contributed by atoms with E-state index >= 15 is 0 Å². The molecule has 0 spiro atoms. The molecule has 1 atom stereocenters. The van der Waals surface area contributed by atoms with Crippen molar-refractivity contribution in [3.63, 3.8) is 0 Å². The summed E-state index contributed by atoms with van der Waals surface area (Å²) in [4.78, 5) is 22.3. The Morgan fingerprint density at radius 3 is 1.94 bits per heavy atom. The molecule has 0 radical (unpaired) electrons. The van der Waals surface area contributed by atoms with Gasteiger partial charge >= 0.3 is 11.9 Å². The lowest BCUT2D eigenvalue weighted by Gasteiger charge is -2.21. The summed E-state index contributed by atoms with van der Waals surface area (Å²) in [5.41, 5.74) is 2.22. The molecule has 1 rings (SSSR count). The van der Waals surface area contributed by atoms with E-state index in [-0.39, 0.29) is 11.9 Å². The molecule has 6 nitrogen and oxygen atoms in total. The monoisotopic (exact) mass is 508 g/mol. The second kappa shape index (κ2) is 18.3.